The molecule has 5 nitrogen and oxygen atoms in total. The van der Waals surface area contributed by atoms with Crippen molar-refractivity contribution in [2.75, 3.05) is 7.05 Å². The Kier molecular flexibility index (Phi) is 4.55. The molecule has 1 aromatic heterocycles. The van der Waals surface area contributed by atoms with E-state index in [2.05, 4.69) is 37.4 Å². The molecule has 0 saturated carbocycles. The molecule has 0 fully saturated rings. The highest BCUT2D eigenvalue weighted by molar-refractivity contribution is 9.10. The second-order valence-corrected chi connectivity index (χ2v) is 5.25. The van der Waals surface area contributed by atoms with E-state index in [4.69, 9.17) is 4.74 Å². The van der Waals surface area contributed by atoms with Crippen LogP contribution in [-0.4, -0.2) is 21.8 Å². The van der Waals surface area contributed by atoms with Crippen LogP contribution in [0.25, 0.3) is 0 Å². The highest BCUT2D eigenvalue weighted by Gasteiger charge is 2.10. The maximum atomic E-state index is 5.92. The number of rotatable bonds is 5. The molecule has 1 N–H and O–H groups in total. The van der Waals surface area contributed by atoms with Gasteiger partial charge in [0.2, 0.25) is 0 Å². The van der Waals surface area contributed by atoms with Crippen LogP contribution in [0.2, 0.25) is 0 Å². The zero-order chi connectivity index (χ0) is 13.8. The Bertz CT molecular complexity index is 568. The first-order valence-electron chi connectivity index (χ1n) is 6.01. The van der Waals surface area contributed by atoms with Gasteiger partial charge >= 0.3 is 0 Å². The van der Waals surface area contributed by atoms with Crippen molar-refractivity contribution < 1.29 is 4.74 Å². The first-order chi connectivity index (χ1) is 9.11. The summed E-state index contributed by atoms with van der Waals surface area (Å²) in [4.78, 5) is 4.16. The van der Waals surface area contributed by atoms with Crippen LogP contribution in [-0.2, 0) is 20.2 Å². The summed E-state index contributed by atoms with van der Waals surface area (Å²) < 4.78 is 8.69. The molecule has 0 saturated heterocycles. The lowest BCUT2D eigenvalue weighted by Crippen LogP contribution is -2.10. The molecule has 0 atom stereocenters. The zero-order valence-corrected chi connectivity index (χ0v) is 12.9. The number of hydrogen-bond donors (Lipinski definition) is 1. The number of aromatic nitrogens is 3. The zero-order valence-electron chi connectivity index (χ0n) is 11.3. The minimum atomic E-state index is 0.412. The van der Waals surface area contributed by atoms with E-state index in [1.54, 1.807) is 4.68 Å². The number of ether oxygens (including phenoxy) is 1. The van der Waals surface area contributed by atoms with E-state index in [9.17, 15) is 0 Å². The van der Waals surface area contributed by atoms with Gasteiger partial charge in [-0.3, -0.25) is 4.68 Å². The Labute approximate surface area is 121 Å². The Morgan fingerprint density at radius 3 is 2.84 bits per heavy atom. The van der Waals surface area contributed by atoms with Crippen molar-refractivity contribution in [3.63, 3.8) is 0 Å². The summed E-state index contributed by atoms with van der Waals surface area (Å²) in [5, 5.41) is 7.18. The molecule has 102 valence electrons. The molecule has 0 radical (unpaired) electrons. The van der Waals surface area contributed by atoms with E-state index >= 15 is 0 Å². The number of halogens is 1. The number of nitrogens with zero attached hydrogens (tertiary/aromatic N) is 3. The van der Waals surface area contributed by atoms with Crippen molar-refractivity contribution in [2.45, 2.75) is 20.1 Å². The fourth-order valence-corrected chi connectivity index (χ4v) is 2.53. The highest BCUT2D eigenvalue weighted by atomic mass is 79.9. The molecule has 0 spiro atoms. The van der Waals surface area contributed by atoms with Crippen LogP contribution in [0.15, 0.2) is 22.9 Å². The lowest BCUT2D eigenvalue weighted by Gasteiger charge is -2.14. The Balaban J connectivity index is 2.21. The van der Waals surface area contributed by atoms with Crippen LogP contribution in [0.3, 0.4) is 0 Å². The molecule has 2 aromatic rings. The van der Waals surface area contributed by atoms with Crippen LogP contribution in [0.5, 0.6) is 5.75 Å². The molecule has 0 amide bonds. The lowest BCUT2D eigenvalue weighted by molar-refractivity contribution is 0.284. The van der Waals surface area contributed by atoms with E-state index in [1.807, 2.05) is 27.1 Å². The summed E-state index contributed by atoms with van der Waals surface area (Å²) in [6.07, 6.45) is 1.53. The van der Waals surface area contributed by atoms with Gasteiger partial charge in [0, 0.05) is 23.6 Å². The fourth-order valence-electron chi connectivity index (χ4n) is 1.92. The largest absolute Gasteiger partial charge is 0.485 e. The van der Waals surface area contributed by atoms with Gasteiger partial charge in [0.25, 0.3) is 0 Å². The van der Waals surface area contributed by atoms with Gasteiger partial charge < -0.3 is 10.1 Å². The maximum Gasteiger partial charge on any atom is 0.164 e. The van der Waals surface area contributed by atoms with Gasteiger partial charge in [-0.25, -0.2) is 4.98 Å². The molecule has 0 unspecified atom stereocenters. The first-order valence-corrected chi connectivity index (χ1v) is 6.80. The molecule has 0 aliphatic heterocycles. The number of nitrogens with one attached hydrogen (secondary N) is 1. The molecule has 0 aliphatic rings. The van der Waals surface area contributed by atoms with Gasteiger partial charge in [-0.1, -0.05) is 15.9 Å². The molecule has 1 heterocycles. The van der Waals surface area contributed by atoms with E-state index in [1.165, 1.54) is 6.33 Å². The second kappa shape index (κ2) is 6.16. The normalized spacial score (nSPS) is 10.7. The van der Waals surface area contributed by atoms with Crippen molar-refractivity contribution in [2.24, 2.45) is 7.05 Å². The summed E-state index contributed by atoms with van der Waals surface area (Å²) in [7, 11) is 3.78. The summed E-state index contributed by atoms with van der Waals surface area (Å²) in [5.41, 5.74) is 2.22. The SMILES string of the molecule is CNCc1cc(Br)cc(C)c1OCc1ncnn1C. The topological polar surface area (TPSA) is 52.0 Å². The van der Waals surface area contributed by atoms with Gasteiger partial charge in [-0.05, 0) is 31.7 Å². The lowest BCUT2D eigenvalue weighted by atomic mass is 10.1. The van der Waals surface area contributed by atoms with Crippen molar-refractivity contribution in [1.82, 2.24) is 20.1 Å². The third-order valence-corrected chi connectivity index (χ3v) is 3.29. The van der Waals surface area contributed by atoms with Crippen molar-refractivity contribution >= 4 is 15.9 Å². The predicted molar refractivity (Wildman–Crippen MR) is 77.0 cm³/mol. The number of benzene rings is 1. The van der Waals surface area contributed by atoms with Gasteiger partial charge in [0.1, 0.15) is 18.7 Å². The minimum absolute atomic E-state index is 0.412. The van der Waals surface area contributed by atoms with Crippen molar-refractivity contribution in [1.29, 1.82) is 0 Å². The van der Waals surface area contributed by atoms with Crippen LogP contribution in [0.1, 0.15) is 17.0 Å². The Hall–Kier alpha value is -1.40. The molecular weight excluding hydrogens is 308 g/mol. The molecule has 1 aromatic carbocycles. The van der Waals surface area contributed by atoms with Gasteiger partial charge in [-0.15, -0.1) is 0 Å². The summed E-state index contributed by atoms with van der Waals surface area (Å²) >= 11 is 3.51. The van der Waals surface area contributed by atoms with Crippen LogP contribution >= 0.6 is 15.9 Å². The van der Waals surface area contributed by atoms with Gasteiger partial charge in [0.05, 0.1) is 0 Å². The minimum Gasteiger partial charge on any atom is -0.485 e. The Morgan fingerprint density at radius 1 is 1.42 bits per heavy atom. The second-order valence-electron chi connectivity index (χ2n) is 4.33. The quantitative estimate of drug-likeness (QED) is 0.916. The van der Waals surface area contributed by atoms with Crippen molar-refractivity contribution in [3.05, 3.63) is 39.9 Å². The monoisotopic (exact) mass is 324 g/mol. The standard InChI is InChI=1S/C13H17BrN4O/c1-9-4-11(14)5-10(6-15-2)13(9)19-7-12-16-8-17-18(12)3/h4-5,8,15H,6-7H2,1-3H3. The molecular formula is C13H17BrN4O. The average molecular weight is 325 g/mol. The van der Waals surface area contributed by atoms with E-state index in [0.29, 0.717) is 6.61 Å². The van der Waals surface area contributed by atoms with Gasteiger partial charge in [0.15, 0.2) is 5.82 Å². The molecule has 0 bridgehead atoms. The van der Waals surface area contributed by atoms with E-state index < -0.39 is 0 Å². The summed E-state index contributed by atoms with van der Waals surface area (Å²) in [5.74, 6) is 1.71. The summed E-state index contributed by atoms with van der Waals surface area (Å²) in [6.45, 7) is 3.21. The Morgan fingerprint density at radius 2 is 2.21 bits per heavy atom. The first kappa shape index (κ1) is 14.0. The number of aryl methyl sites for hydroxylation is 2. The third kappa shape index (κ3) is 3.33. The number of hydrogen-bond acceptors (Lipinski definition) is 4. The molecule has 0 aliphatic carbocycles. The maximum absolute atomic E-state index is 5.92. The highest BCUT2D eigenvalue weighted by Crippen LogP contribution is 2.28. The predicted octanol–water partition coefficient (Wildman–Crippen LogP) is 2.18. The molecule has 19 heavy (non-hydrogen) atoms. The van der Waals surface area contributed by atoms with E-state index in [0.717, 1.165) is 33.7 Å². The van der Waals surface area contributed by atoms with Crippen LogP contribution < -0.4 is 10.1 Å². The third-order valence-electron chi connectivity index (χ3n) is 2.83. The van der Waals surface area contributed by atoms with Crippen molar-refractivity contribution in [3.8, 4) is 5.75 Å². The van der Waals surface area contributed by atoms with Crippen LogP contribution in [0.4, 0.5) is 0 Å². The smallest absolute Gasteiger partial charge is 0.164 e. The van der Waals surface area contributed by atoms with Crippen LogP contribution in [0, 0.1) is 6.92 Å². The van der Waals surface area contributed by atoms with Gasteiger partial charge in [-0.2, -0.15) is 5.10 Å². The fraction of sp³-hybridized carbons (Fsp3) is 0.385. The van der Waals surface area contributed by atoms with E-state index in [-0.39, 0.29) is 0 Å². The summed E-state index contributed by atoms with van der Waals surface area (Å²) in [6, 6.07) is 4.11. The molecule has 2 rings (SSSR count). The molecule has 6 heteroatoms. The average Bonchev–Trinajstić information content (AvgIpc) is 2.74.